The number of thiophene rings is 1. The van der Waals surface area contributed by atoms with E-state index in [9.17, 15) is 9.59 Å². The molecule has 0 aliphatic carbocycles. The molecular weight excluding hydrogens is 466 g/mol. The summed E-state index contributed by atoms with van der Waals surface area (Å²) in [7, 11) is 0. The minimum absolute atomic E-state index is 0.0864. The maximum absolute atomic E-state index is 13.7. The maximum atomic E-state index is 13.7. The Morgan fingerprint density at radius 2 is 2.12 bits per heavy atom. The number of carbonyl (C=O) groups excluding carboxylic acids is 1. The van der Waals surface area contributed by atoms with Gasteiger partial charge in [-0.2, -0.15) is 0 Å². The number of para-hydroxylation sites is 1. The second kappa shape index (κ2) is 9.19. The summed E-state index contributed by atoms with van der Waals surface area (Å²) < 4.78 is 7.63. The number of allylic oxidation sites excluding steroid dienone is 1. The van der Waals surface area contributed by atoms with Gasteiger partial charge < -0.3 is 9.64 Å². The number of anilines is 1. The highest BCUT2D eigenvalue weighted by Gasteiger charge is 2.34. The molecule has 0 bridgehead atoms. The van der Waals surface area contributed by atoms with Gasteiger partial charge in [-0.05, 0) is 36.9 Å². The number of fused-ring (bicyclic) bond motifs is 2. The summed E-state index contributed by atoms with van der Waals surface area (Å²) in [4.78, 5) is 35.1. The monoisotopic (exact) mass is 491 g/mol. The molecule has 0 spiro atoms. The summed E-state index contributed by atoms with van der Waals surface area (Å²) in [6, 6.07) is 11.6. The summed E-state index contributed by atoms with van der Waals surface area (Å²) >= 11 is 2.89. The third-order valence-corrected chi connectivity index (χ3v) is 8.05. The first kappa shape index (κ1) is 22.6. The van der Waals surface area contributed by atoms with Crippen LogP contribution in [-0.2, 0) is 9.53 Å². The molecule has 0 amide bonds. The van der Waals surface area contributed by atoms with Crippen LogP contribution in [-0.4, -0.2) is 30.2 Å². The SMILES string of the molecule is C=CCN1CC(C=c2sc3n(c2=O)C(c2cccs2)C(C(=O)OCC)=C(C)N=3)c2ccccc21. The van der Waals surface area contributed by atoms with Crippen LogP contribution in [0.4, 0.5) is 5.69 Å². The van der Waals surface area contributed by atoms with E-state index in [-0.39, 0.29) is 18.1 Å². The number of hydrogen-bond acceptors (Lipinski definition) is 7. The van der Waals surface area contributed by atoms with Crippen molar-refractivity contribution in [3.05, 3.63) is 95.8 Å². The predicted octanol–water partition coefficient (Wildman–Crippen LogP) is 3.60. The first-order valence-corrected chi connectivity index (χ1v) is 12.9. The molecule has 2 atom stereocenters. The fraction of sp³-hybridized carbons (Fsp3) is 0.269. The van der Waals surface area contributed by atoms with Crippen LogP contribution in [0.3, 0.4) is 0 Å². The quantitative estimate of drug-likeness (QED) is 0.391. The first-order chi connectivity index (χ1) is 16.5. The van der Waals surface area contributed by atoms with Crippen LogP contribution < -0.4 is 19.8 Å². The molecule has 3 aromatic rings. The standard InChI is InChI=1S/C26H25N3O3S2/c1-4-12-28-15-17(18-9-6-7-10-19(18)28)14-21-24(30)29-23(20-11-8-13-33-20)22(25(31)32-5-2)16(3)27-26(29)34-21/h4,6-11,13-14,17,23H,1,5,12,15H2,2-3H3. The van der Waals surface area contributed by atoms with Gasteiger partial charge in [0.1, 0.15) is 6.04 Å². The van der Waals surface area contributed by atoms with Crippen molar-refractivity contribution in [3.63, 3.8) is 0 Å². The molecule has 0 N–H and O–H groups in total. The number of rotatable bonds is 6. The smallest absolute Gasteiger partial charge is 0.338 e. The summed E-state index contributed by atoms with van der Waals surface area (Å²) in [6.07, 6.45) is 3.95. The summed E-state index contributed by atoms with van der Waals surface area (Å²) in [5.74, 6) is -0.343. The van der Waals surface area contributed by atoms with Gasteiger partial charge >= 0.3 is 5.97 Å². The van der Waals surface area contributed by atoms with Crippen molar-refractivity contribution in [2.45, 2.75) is 25.8 Å². The third kappa shape index (κ3) is 3.76. The van der Waals surface area contributed by atoms with Gasteiger partial charge in [0.25, 0.3) is 5.56 Å². The minimum Gasteiger partial charge on any atom is -0.463 e. The number of aromatic nitrogens is 1. The summed E-state index contributed by atoms with van der Waals surface area (Å²) in [5.41, 5.74) is 3.26. The average molecular weight is 492 g/mol. The van der Waals surface area contributed by atoms with Crippen LogP contribution in [0.15, 0.2) is 75.5 Å². The van der Waals surface area contributed by atoms with Gasteiger partial charge in [0, 0.05) is 29.6 Å². The Labute approximate surface area is 205 Å². The Balaban J connectivity index is 1.65. The Morgan fingerprint density at radius 3 is 2.85 bits per heavy atom. The van der Waals surface area contributed by atoms with E-state index in [1.807, 2.05) is 42.6 Å². The van der Waals surface area contributed by atoms with Crippen molar-refractivity contribution in [3.8, 4) is 0 Å². The zero-order valence-electron chi connectivity index (χ0n) is 19.1. The minimum atomic E-state index is -0.537. The van der Waals surface area contributed by atoms with Crippen LogP contribution in [0.5, 0.6) is 0 Å². The lowest BCUT2D eigenvalue weighted by atomic mass is 10.0. The fourth-order valence-corrected chi connectivity index (χ4v) is 6.61. The number of nitrogens with zero attached hydrogens (tertiary/aromatic N) is 3. The average Bonchev–Trinajstić information content (AvgIpc) is 3.54. The lowest BCUT2D eigenvalue weighted by Gasteiger charge is -2.23. The van der Waals surface area contributed by atoms with Crippen LogP contribution in [0.1, 0.15) is 36.2 Å². The van der Waals surface area contributed by atoms with Crippen molar-refractivity contribution in [1.82, 2.24) is 4.57 Å². The predicted molar refractivity (Wildman–Crippen MR) is 137 cm³/mol. The van der Waals surface area contributed by atoms with Crippen LogP contribution in [0.2, 0.25) is 0 Å². The summed E-state index contributed by atoms with van der Waals surface area (Å²) in [6.45, 7) is 9.27. The van der Waals surface area contributed by atoms with Gasteiger partial charge in [-0.1, -0.05) is 47.8 Å². The van der Waals surface area contributed by atoms with Gasteiger partial charge in [-0.3, -0.25) is 9.36 Å². The molecule has 2 aliphatic heterocycles. The number of hydrogen-bond donors (Lipinski definition) is 0. The molecule has 174 valence electrons. The lowest BCUT2D eigenvalue weighted by molar-refractivity contribution is -0.139. The Morgan fingerprint density at radius 1 is 1.29 bits per heavy atom. The fourth-order valence-electron chi connectivity index (χ4n) is 4.70. The molecule has 2 unspecified atom stereocenters. The number of carbonyl (C=O) groups is 1. The van der Waals surface area contributed by atoms with Gasteiger partial charge in [0.15, 0.2) is 4.80 Å². The van der Waals surface area contributed by atoms with Crippen LogP contribution in [0.25, 0.3) is 6.08 Å². The van der Waals surface area contributed by atoms with E-state index in [1.54, 1.807) is 11.5 Å². The third-order valence-electron chi connectivity index (χ3n) is 6.13. The normalized spacial score (nSPS) is 19.6. The van der Waals surface area contributed by atoms with Crippen molar-refractivity contribution in [1.29, 1.82) is 0 Å². The highest BCUT2D eigenvalue weighted by atomic mass is 32.1. The molecule has 34 heavy (non-hydrogen) atoms. The second-order valence-electron chi connectivity index (χ2n) is 8.20. The molecular formula is C26H25N3O3S2. The molecule has 2 aliphatic rings. The van der Waals surface area contributed by atoms with E-state index in [1.165, 1.54) is 33.9 Å². The Kier molecular flexibility index (Phi) is 6.10. The maximum Gasteiger partial charge on any atom is 0.338 e. The van der Waals surface area contributed by atoms with Crippen molar-refractivity contribution in [2.24, 2.45) is 4.99 Å². The molecule has 1 aromatic carbocycles. The van der Waals surface area contributed by atoms with E-state index < -0.39 is 12.0 Å². The molecule has 0 saturated carbocycles. The summed E-state index contributed by atoms with van der Waals surface area (Å²) in [5, 5.41) is 1.95. The molecule has 2 aromatic heterocycles. The first-order valence-electron chi connectivity index (χ1n) is 11.2. The van der Waals surface area contributed by atoms with E-state index in [4.69, 9.17) is 4.74 Å². The number of benzene rings is 1. The zero-order valence-corrected chi connectivity index (χ0v) is 20.7. The number of thiazole rings is 1. The molecule has 8 heteroatoms. The highest BCUT2D eigenvalue weighted by Crippen LogP contribution is 2.37. The van der Waals surface area contributed by atoms with Crippen molar-refractivity contribution >= 4 is 40.4 Å². The molecule has 6 nitrogen and oxygen atoms in total. The molecule has 0 radical (unpaired) electrons. The van der Waals surface area contributed by atoms with Crippen molar-refractivity contribution < 1.29 is 9.53 Å². The van der Waals surface area contributed by atoms with Gasteiger partial charge in [0.05, 0.1) is 22.4 Å². The van der Waals surface area contributed by atoms with Gasteiger partial charge in [-0.15, -0.1) is 17.9 Å². The zero-order chi connectivity index (χ0) is 23.8. The lowest BCUT2D eigenvalue weighted by Crippen LogP contribution is -2.39. The second-order valence-corrected chi connectivity index (χ2v) is 10.2. The van der Waals surface area contributed by atoms with E-state index in [0.29, 0.717) is 20.6 Å². The van der Waals surface area contributed by atoms with Crippen molar-refractivity contribution in [2.75, 3.05) is 24.6 Å². The highest BCUT2D eigenvalue weighted by molar-refractivity contribution is 7.10. The van der Waals surface area contributed by atoms with Crippen LogP contribution in [0, 0.1) is 0 Å². The largest absolute Gasteiger partial charge is 0.463 e. The van der Waals surface area contributed by atoms with E-state index in [2.05, 4.69) is 34.7 Å². The van der Waals surface area contributed by atoms with Gasteiger partial charge in [0.2, 0.25) is 0 Å². The number of esters is 1. The topological polar surface area (TPSA) is 63.9 Å². The molecule has 4 heterocycles. The molecule has 0 saturated heterocycles. The van der Waals surface area contributed by atoms with E-state index >= 15 is 0 Å². The van der Waals surface area contributed by atoms with Gasteiger partial charge in [-0.25, -0.2) is 9.79 Å². The van der Waals surface area contributed by atoms with Crippen LogP contribution >= 0.6 is 22.7 Å². The Hall–Kier alpha value is -3.23. The molecule has 5 rings (SSSR count). The molecule has 0 fully saturated rings. The Bertz CT molecular complexity index is 1460. The number of ether oxygens (including phenoxy) is 1. The van der Waals surface area contributed by atoms with E-state index in [0.717, 1.165) is 18.0 Å².